The van der Waals surface area contributed by atoms with E-state index in [1.807, 2.05) is 36.7 Å². The molecule has 0 unspecified atom stereocenters. The number of nitrogens with one attached hydrogen (secondary N) is 4. The summed E-state index contributed by atoms with van der Waals surface area (Å²) in [7, 11) is 8.35. The number of phenolic OH excluding ortho intramolecular Hbond substituents is 2. The van der Waals surface area contributed by atoms with Gasteiger partial charge in [0.05, 0.1) is 21.8 Å². The number of hydrogen-bond acceptors (Lipinski definition) is 8. The fourth-order valence-electron chi connectivity index (χ4n) is 7.14. The smallest absolute Gasteiger partial charge is 0.136 e. The largest absolute Gasteiger partial charge is 0.508 e. The molecule has 0 aliphatic rings. The molecule has 0 amide bonds. The van der Waals surface area contributed by atoms with Crippen LogP contribution in [0.4, 0.5) is 11.6 Å². The van der Waals surface area contributed by atoms with Gasteiger partial charge in [-0.3, -0.25) is 0 Å². The van der Waals surface area contributed by atoms with E-state index in [9.17, 15) is 10.2 Å². The number of phenols is 2. The van der Waals surface area contributed by atoms with Crippen LogP contribution in [0, 0.1) is 13.8 Å². The van der Waals surface area contributed by atoms with E-state index in [2.05, 4.69) is 94.5 Å². The number of aryl methyl sites for hydroxylation is 2. The number of fused-ring (bicyclic) bond motifs is 10. The van der Waals surface area contributed by atoms with Crippen molar-refractivity contribution in [3.63, 3.8) is 0 Å². The average molecular weight is 697 g/mol. The molecule has 10 heteroatoms. The lowest BCUT2D eigenvalue weighted by Crippen LogP contribution is -2.16. The molecule has 0 radical (unpaired) electrons. The summed E-state index contributed by atoms with van der Waals surface area (Å²) >= 11 is 0. The third-order valence-electron chi connectivity index (χ3n) is 9.71. The van der Waals surface area contributed by atoms with Crippen LogP contribution in [0.1, 0.15) is 24.0 Å². The number of anilines is 2. The number of pyridine rings is 2. The van der Waals surface area contributed by atoms with E-state index < -0.39 is 0 Å². The van der Waals surface area contributed by atoms with Crippen molar-refractivity contribution in [2.75, 3.05) is 65.0 Å². The van der Waals surface area contributed by atoms with Crippen LogP contribution in [0.25, 0.3) is 65.2 Å². The predicted octanol–water partition coefficient (Wildman–Crippen LogP) is 8.49. The van der Waals surface area contributed by atoms with E-state index in [-0.39, 0.29) is 11.5 Å². The van der Waals surface area contributed by atoms with E-state index >= 15 is 0 Å². The molecule has 0 spiro atoms. The highest BCUT2D eigenvalue weighted by Crippen LogP contribution is 2.39. The molecule has 268 valence electrons. The average Bonchev–Trinajstić information content (AvgIpc) is 3.71. The summed E-state index contributed by atoms with van der Waals surface area (Å²) in [6.07, 6.45) is 5.95. The Hall–Kier alpha value is -5.58. The van der Waals surface area contributed by atoms with E-state index in [1.54, 1.807) is 24.3 Å². The maximum absolute atomic E-state index is 9.82. The Labute approximate surface area is 303 Å². The Balaban J connectivity index is 0.000000162. The summed E-state index contributed by atoms with van der Waals surface area (Å²) in [5.74, 6) is 2.40. The predicted molar refractivity (Wildman–Crippen MR) is 218 cm³/mol. The van der Waals surface area contributed by atoms with Crippen LogP contribution in [0.5, 0.6) is 11.5 Å². The SMILES string of the molecule is Cc1cnc(NCCCN(C)C)c2c1[nH]c1ccc3cc(O)ccc3c12.Cc1cnc(NCCCN(C)C)c2c1[nH]c1ccc3cc(O)ccc3c12. The molecule has 0 aliphatic carbocycles. The van der Waals surface area contributed by atoms with Crippen molar-refractivity contribution >= 4 is 76.8 Å². The number of aromatic amines is 2. The van der Waals surface area contributed by atoms with Crippen molar-refractivity contribution < 1.29 is 10.2 Å². The van der Waals surface area contributed by atoms with Gasteiger partial charge < -0.3 is 40.6 Å². The second kappa shape index (κ2) is 14.6. The Kier molecular flexibility index (Phi) is 9.77. The first-order chi connectivity index (χ1) is 25.1. The molecule has 6 N–H and O–H groups in total. The summed E-state index contributed by atoms with van der Waals surface area (Å²) in [5, 5.41) is 35.5. The van der Waals surface area contributed by atoms with Crippen molar-refractivity contribution in [3.8, 4) is 11.5 Å². The lowest BCUT2D eigenvalue weighted by molar-refractivity contribution is 0.405. The minimum atomic E-state index is 0.285. The minimum absolute atomic E-state index is 0.285. The fourth-order valence-corrected chi connectivity index (χ4v) is 7.14. The van der Waals surface area contributed by atoms with Crippen LogP contribution >= 0.6 is 0 Å². The van der Waals surface area contributed by atoms with E-state index in [4.69, 9.17) is 0 Å². The van der Waals surface area contributed by atoms with Gasteiger partial charge in [0, 0.05) is 47.3 Å². The van der Waals surface area contributed by atoms with E-state index in [1.165, 1.54) is 0 Å². The van der Waals surface area contributed by atoms with Crippen LogP contribution in [0.2, 0.25) is 0 Å². The number of aromatic nitrogens is 4. The van der Waals surface area contributed by atoms with Gasteiger partial charge >= 0.3 is 0 Å². The molecule has 10 nitrogen and oxygen atoms in total. The van der Waals surface area contributed by atoms with Gasteiger partial charge in [-0.2, -0.15) is 0 Å². The molecule has 0 bridgehead atoms. The van der Waals surface area contributed by atoms with Crippen molar-refractivity contribution in [1.82, 2.24) is 29.7 Å². The summed E-state index contributed by atoms with van der Waals surface area (Å²) in [4.78, 5) is 20.8. The maximum Gasteiger partial charge on any atom is 0.136 e. The van der Waals surface area contributed by atoms with Gasteiger partial charge in [-0.15, -0.1) is 0 Å². The maximum atomic E-state index is 9.82. The highest BCUT2D eigenvalue weighted by Gasteiger charge is 2.16. The number of H-pyrrole nitrogens is 2. The van der Waals surface area contributed by atoms with Gasteiger partial charge in [-0.1, -0.05) is 24.3 Å². The van der Waals surface area contributed by atoms with Gasteiger partial charge in [0.15, 0.2) is 0 Å². The number of nitrogens with zero attached hydrogens (tertiary/aromatic N) is 4. The summed E-state index contributed by atoms with van der Waals surface area (Å²) < 4.78 is 0. The first-order valence-electron chi connectivity index (χ1n) is 17.9. The highest BCUT2D eigenvalue weighted by atomic mass is 16.3. The first-order valence-corrected chi connectivity index (χ1v) is 17.9. The first kappa shape index (κ1) is 34.9. The summed E-state index contributed by atoms with van der Waals surface area (Å²) in [6.45, 7) is 7.99. The standard InChI is InChI=1S/2C21H24N4O/c2*1-13-12-23-21(22-9-4-10-25(2)3)19-18-16-7-6-15(26)11-14(16)5-8-17(18)24-20(13)19/h2*5-8,11-12,24,26H,4,9-10H2,1-3H3,(H,22,23). The lowest BCUT2D eigenvalue weighted by atomic mass is 10.0. The van der Waals surface area contributed by atoms with Crippen LogP contribution < -0.4 is 10.6 Å². The molecule has 4 aromatic heterocycles. The molecular formula is C42H48N8O2. The number of rotatable bonds is 10. The quantitative estimate of drug-likeness (QED) is 0.0786. The van der Waals surface area contributed by atoms with Crippen molar-refractivity contribution in [1.29, 1.82) is 0 Å². The van der Waals surface area contributed by atoms with Crippen molar-refractivity contribution in [3.05, 3.63) is 84.2 Å². The van der Waals surface area contributed by atoms with Gasteiger partial charge in [-0.25, -0.2) is 9.97 Å². The Morgan fingerprint density at radius 3 is 1.40 bits per heavy atom. The zero-order valence-electron chi connectivity index (χ0n) is 30.9. The molecule has 4 heterocycles. The zero-order valence-corrected chi connectivity index (χ0v) is 30.9. The van der Waals surface area contributed by atoms with Gasteiger partial charge in [0.1, 0.15) is 23.1 Å². The van der Waals surface area contributed by atoms with Crippen molar-refractivity contribution in [2.24, 2.45) is 0 Å². The van der Waals surface area contributed by atoms with Crippen LogP contribution in [0.3, 0.4) is 0 Å². The third kappa shape index (κ3) is 6.87. The molecule has 8 rings (SSSR count). The lowest BCUT2D eigenvalue weighted by Gasteiger charge is -2.11. The van der Waals surface area contributed by atoms with E-state index in [0.29, 0.717) is 0 Å². The second-order valence-electron chi connectivity index (χ2n) is 14.3. The minimum Gasteiger partial charge on any atom is -0.508 e. The Morgan fingerprint density at radius 2 is 1.00 bits per heavy atom. The topological polar surface area (TPSA) is 128 Å². The summed E-state index contributed by atoms with van der Waals surface area (Å²) in [5.41, 5.74) is 6.66. The monoisotopic (exact) mass is 696 g/mol. The highest BCUT2D eigenvalue weighted by molar-refractivity contribution is 6.24. The van der Waals surface area contributed by atoms with Crippen LogP contribution in [-0.4, -0.2) is 94.3 Å². The number of aromatic hydroxyl groups is 2. The normalized spacial score (nSPS) is 11.8. The summed E-state index contributed by atoms with van der Waals surface area (Å²) in [6, 6.07) is 19.3. The third-order valence-corrected chi connectivity index (χ3v) is 9.71. The van der Waals surface area contributed by atoms with Gasteiger partial charge in [0.2, 0.25) is 0 Å². The molecule has 0 saturated carbocycles. The molecule has 0 atom stereocenters. The Morgan fingerprint density at radius 1 is 0.577 bits per heavy atom. The molecular weight excluding hydrogens is 649 g/mol. The van der Waals surface area contributed by atoms with Gasteiger partial charge in [-0.05, 0) is 137 Å². The fraction of sp³-hybridized carbons (Fsp3) is 0.286. The molecule has 0 aliphatic heterocycles. The molecule has 8 aromatic rings. The van der Waals surface area contributed by atoms with Crippen LogP contribution in [-0.2, 0) is 0 Å². The molecule has 0 saturated heterocycles. The Bertz CT molecular complexity index is 2370. The number of hydrogen-bond donors (Lipinski definition) is 6. The molecule has 0 fully saturated rings. The zero-order chi connectivity index (χ0) is 36.5. The van der Waals surface area contributed by atoms with Gasteiger partial charge in [0.25, 0.3) is 0 Å². The molecule has 4 aromatic carbocycles. The van der Waals surface area contributed by atoms with Crippen LogP contribution in [0.15, 0.2) is 73.1 Å². The number of benzene rings is 4. The second-order valence-corrected chi connectivity index (χ2v) is 14.3. The van der Waals surface area contributed by atoms with E-state index in [0.717, 1.165) is 127 Å². The van der Waals surface area contributed by atoms with Crippen molar-refractivity contribution in [2.45, 2.75) is 26.7 Å². The molecule has 52 heavy (non-hydrogen) atoms.